The van der Waals surface area contributed by atoms with Gasteiger partial charge in [-0.3, -0.25) is 10.1 Å². The molecule has 0 bridgehead atoms. The Balaban J connectivity index is 0.00000289. The molecule has 0 aliphatic carbocycles. The minimum absolute atomic E-state index is 0. The number of nitrogens with two attached hydrogens (primary N) is 2. The molecule has 0 saturated heterocycles. The summed E-state index contributed by atoms with van der Waals surface area (Å²) in [6.45, 7) is 0.568. The molecule has 0 aliphatic rings. The van der Waals surface area contributed by atoms with Gasteiger partial charge in [-0.05, 0) is 31.5 Å². The van der Waals surface area contributed by atoms with Crippen LogP contribution in [0, 0.1) is 15.9 Å². The number of nitro benzene ring substituents is 1. The normalized spacial score (nSPS) is 11.7. The maximum atomic E-state index is 12.9. The molecule has 7 heteroatoms. The number of nitro groups is 1. The van der Waals surface area contributed by atoms with Gasteiger partial charge < -0.3 is 11.5 Å². The van der Waals surface area contributed by atoms with Gasteiger partial charge in [0.1, 0.15) is 5.82 Å². The lowest BCUT2D eigenvalue weighted by molar-refractivity contribution is -0.385. The minimum atomic E-state index is -0.630. The summed E-state index contributed by atoms with van der Waals surface area (Å²) in [5, 5.41) is 10.8. The summed E-state index contributed by atoms with van der Waals surface area (Å²) >= 11 is 0. The van der Waals surface area contributed by atoms with E-state index in [1.165, 1.54) is 12.1 Å². The third kappa shape index (κ3) is 4.56. The SMILES string of the molecule is Cl.NCCCC[C@@H](N)c1ccc(F)cc1[N+](=O)[O-]. The summed E-state index contributed by atoms with van der Waals surface area (Å²) < 4.78 is 12.9. The second kappa shape index (κ2) is 7.97. The minimum Gasteiger partial charge on any atom is -0.330 e. The summed E-state index contributed by atoms with van der Waals surface area (Å²) in [7, 11) is 0. The molecule has 1 atom stereocenters. The van der Waals surface area contributed by atoms with Crippen molar-refractivity contribution < 1.29 is 9.31 Å². The van der Waals surface area contributed by atoms with Crippen molar-refractivity contribution in [3.05, 3.63) is 39.7 Å². The van der Waals surface area contributed by atoms with Crippen molar-refractivity contribution in [2.24, 2.45) is 11.5 Å². The maximum Gasteiger partial charge on any atom is 0.277 e. The Morgan fingerprint density at radius 3 is 2.61 bits per heavy atom. The van der Waals surface area contributed by atoms with E-state index < -0.39 is 16.8 Å². The fraction of sp³-hybridized carbons (Fsp3) is 0.455. The zero-order chi connectivity index (χ0) is 12.8. The van der Waals surface area contributed by atoms with E-state index >= 15 is 0 Å². The average Bonchev–Trinajstić information content (AvgIpc) is 2.29. The van der Waals surface area contributed by atoms with Gasteiger partial charge in [-0.1, -0.05) is 6.42 Å². The number of rotatable bonds is 6. The molecule has 0 amide bonds. The van der Waals surface area contributed by atoms with Crippen molar-refractivity contribution in [1.82, 2.24) is 0 Å². The van der Waals surface area contributed by atoms with Crippen LogP contribution in [0.5, 0.6) is 0 Å². The summed E-state index contributed by atoms with van der Waals surface area (Å²) in [6.07, 6.45) is 2.22. The molecule has 0 radical (unpaired) electrons. The second-order valence-corrected chi connectivity index (χ2v) is 3.85. The monoisotopic (exact) mass is 277 g/mol. The van der Waals surface area contributed by atoms with E-state index in [0.29, 0.717) is 18.5 Å². The van der Waals surface area contributed by atoms with Crippen LogP contribution in [0.3, 0.4) is 0 Å². The van der Waals surface area contributed by atoms with Gasteiger partial charge >= 0.3 is 0 Å². The van der Waals surface area contributed by atoms with Gasteiger partial charge in [0.25, 0.3) is 5.69 Å². The number of unbranched alkanes of at least 4 members (excludes halogenated alkanes) is 1. The van der Waals surface area contributed by atoms with Gasteiger partial charge in [0.15, 0.2) is 0 Å². The molecule has 0 heterocycles. The Kier molecular flexibility index (Phi) is 7.42. The first-order valence-corrected chi connectivity index (χ1v) is 5.45. The van der Waals surface area contributed by atoms with Crippen molar-refractivity contribution in [2.75, 3.05) is 6.54 Å². The van der Waals surface area contributed by atoms with Crippen molar-refractivity contribution >= 4 is 18.1 Å². The highest BCUT2D eigenvalue weighted by Gasteiger charge is 2.19. The summed E-state index contributed by atoms with van der Waals surface area (Å²) in [5.74, 6) is -0.630. The van der Waals surface area contributed by atoms with Gasteiger partial charge in [0.2, 0.25) is 0 Å². The van der Waals surface area contributed by atoms with Crippen LogP contribution >= 0.6 is 12.4 Å². The number of nitrogens with zero attached hydrogens (tertiary/aromatic N) is 1. The van der Waals surface area contributed by atoms with Crippen LogP contribution < -0.4 is 11.5 Å². The Morgan fingerprint density at radius 2 is 2.06 bits per heavy atom. The van der Waals surface area contributed by atoms with Crippen LogP contribution in [-0.2, 0) is 0 Å². The Labute approximate surface area is 111 Å². The highest BCUT2D eigenvalue weighted by atomic mass is 35.5. The first-order chi connectivity index (χ1) is 8.06. The molecule has 0 unspecified atom stereocenters. The number of hydrogen-bond acceptors (Lipinski definition) is 4. The van der Waals surface area contributed by atoms with E-state index in [2.05, 4.69) is 0 Å². The van der Waals surface area contributed by atoms with E-state index in [1.807, 2.05) is 0 Å². The fourth-order valence-corrected chi connectivity index (χ4v) is 1.65. The summed E-state index contributed by atoms with van der Waals surface area (Å²) in [4.78, 5) is 10.2. The Morgan fingerprint density at radius 1 is 1.39 bits per heavy atom. The molecule has 18 heavy (non-hydrogen) atoms. The van der Waals surface area contributed by atoms with E-state index in [4.69, 9.17) is 11.5 Å². The van der Waals surface area contributed by atoms with E-state index in [9.17, 15) is 14.5 Å². The molecular weight excluding hydrogens is 261 g/mol. The number of halogens is 2. The summed E-state index contributed by atoms with van der Waals surface area (Å²) in [5.41, 5.74) is 11.3. The van der Waals surface area contributed by atoms with Gasteiger partial charge in [-0.15, -0.1) is 12.4 Å². The number of benzene rings is 1. The molecule has 0 fully saturated rings. The van der Waals surface area contributed by atoms with Crippen LogP contribution in [0.4, 0.5) is 10.1 Å². The predicted molar refractivity (Wildman–Crippen MR) is 70.1 cm³/mol. The van der Waals surface area contributed by atoms with Crippen molar-refractivity contribution in [1.29, 1.82) is 0 Å². The van der Waals surface area contributed by atoms with Crippen LogP contribution in [0.15, 0.2) is 18.2 Å². The maximum absolute atomic E-state index is 12.9. The van der Waals surface area contributed by atoms with Gasteiger partial charge in [0.05, 0.1) is 11.0 Å². The molecule has 0 saturated carbocycles. The molecule has 5 nitrogen and oxygen atoms in total. The van der Waals surface area contributed by atoms with E-state index in [-0.39, 0.29) is 18.1 Å². The quantitative estimate of drug-likeness (QED) is 0.474. The van der Waals surface area contributed by atoms with Gasteiger partial charge in [0, 0.05) is 11.6 Å². The smallest absolute Gasteiger partial charge is 0.277 e. The Hall–Kier alpha value is -1.24. The largest absolute Gasteiger partial charge is 0.330 e. The molecule has 0 spiro atoms. The van der Waals surface area contributed by atoms with Gasteiger partial charge in [-0.2, -0.15) is 0 Å². The molecule has 102 valence electrons. The van der Waals surface area contributed by atoms with E-state index in [0.717, 1.165) is 18.9 Å². The van der Waals surface area contributed by atoms with Crippen molar-refractivity contribution in [3.63, 3.8) is 0 Å². The highest BCUT2D eigenvalue weighted by Crippen LogP contribution is 2.27. The molecular formula is C11H17ClFN3O2. The first-order valence-electron chi connectivity index (χ1n) is 5.45. The van der Waals surface area contributed by atoms with Crippen LogP contribution in [0.25, 0.3) is 0 Å². The molecule has 1 aromatic carbocycles. The van der Waals surface area contributed by atoms with Crippen molar-refractivity contribution in [2.45, 2.75) is 25.3 Å². The third-order valence-electron chi connectivity index (χ3n) is 2.56. The van der Waals surface area contributed by atoms with Crippen LogP contribution in [0.2, 0.25) is 0 Å². The molecule has 1 aromatic rings. The lowest BCUT2D eigenvalue weighted by Crippen LogP contribution is -2.13. The predicted octanol–water partition coefficient (Wildman–Crippen LogP) is 2.28. The standard InChI is InChI=1S/C11H16FN3O2.ClH/c12-8-4-5-9(11(7-8)15(16)17)10(14)3-1-2-6-13;/h4-5,7,10H,1-3,6,13-14H2;1H/t10-;/m1./s1. The fourth-order valence-electron chi connectivity index (χ4n) is 1.65. The number of hydrogen-bond donors (Lipinski definition) is 2. The lowest BCUT2D eigenvalue weighted by atomic mass is 10.00. The Bertz CT molecular complexity index is 404. The third-order valence-corrected chi connectivity index (χ3v) is 2.56. The summed E-state index contributed by atoms with van der Waals surface area (Å²) in [6, 6.07) is 3.01. The van der Waals surface area contributed by atoms with Crippen LogP contribution in [0.1, 0.15) is 30.9 Å². The first kappa shape index (κ1) is 16.8. The van der Waals surface area contributed by atoms with Gasteiger partial charge in [-0.25, -0.2) is 4.39 Å². The molecule has 0 aliphatic heterocycles. The molecule has 1 rings (SSSR count). The van der Waals surface area contributed by atoms with Crippen molar-refractivity contribution in [3.8, 4) is 0 Å². The van der Waals surface area contributed by atoms with Crippen LogP contribution in [-0.4, -0.2) is 11.5 Å². The highest BCUT2D eigenvalue weighted by molar-refractivity contribution is 5.85. The molecule has 4 N–H and O–H groups in total. The molecule has 0 aromatic heterocycles. The second-order valence-electron chi connectivity index (χ2n) is 3.85. The average molecular weight is 278 g/mol. The topological polar surface area (TPSA) is 95.2 Å². The zero-order valence-corrected chi connectivity index (χ0v) is 10.7. The lowest BCUT2D eigenvalue weighted by Gasteiger charge is -2.11. The zero-order valence-electron chi connectivity index (χ0n) is 9.84. The van der Waals surface area contributed by atoms with E-state index in [1.54, 1.807) is 0 Å².